The first kappa shape index (κ1) is 12.2. The summed E-state index contributed by atoms with van der Waals surface area (Å²) in [5, 5.41) is 3.47. The van der Waals surface area contributed by atoms with Gasteiger partial charge in [0.1, 0.15) is 0 Å². The first-order chi connectivity index (χ1) is 7.20. The zero-order chi connectivity index (χ0) is 11.3. The quantitative estimate of drug-likeness (QED) is 0.801. The molecule has 0 saturated carbocycles. The topological polar surface area (TPSA) is 21.3 Å². The molecule has 2 heteroatoms. The highest BCUT2D eigenvalue weighted by Gasteiger charge is 2.18. The third-order valence-electron chi connectivity index (χ3n) is 2.79. The Morgan fingerprint density at radius 1 is 1.33 bits per heavy atom. The zero-order valence-corrected chi connectivity index (χ0v) is 10.1. The molecule has 15 heavy (non-hydrogen) atoms. The van der Waals surface area contributed by atoms with E-state index in [4.69, 9.17) is 4.74 Å². The van der Waals surface area contributed by atoms with Crippen LogP contribution in [0.15, 0.2) is 24.3 Å². The van der Waals surface area contributed by atoms with E-state index in [9.17, 15) is 0 Å². The molecule has 1 rings (SSSR count). The van der Waals surface area contributed by atoms with Gasteiger partial charge in [0.2, 0.25) is 0 Å². The van der Waals surface area contributed by atoms with Gasteiger partial charge in [-0.3, -0.25) is 0 Å². The zero-order valence-electron chi connectivity index (χ0n) is 10.1. The van der Waals surface area contributed by atoms with Crippen LogP contribution in [0.3, 0.4) is 0 Å². The first-order valence-electron chi connectivity index (χ1n) is 5.52. The van der Waals surface area contributed by atoms with Gasteiger partial charge in [-0.15, -0.1) is 0 Å². The second-order valence-corrected chi connectivity index (χ2v) is 3.83. The standard InChI is InChI=1S/C13H21NO/c1-5-14-13(11(3)15-4)12-9-7-6-8-10(12)2/h6-9,11,13-14H,5H2,1-4H3. The van der Waals surface area contributed by atoms with Crippen LogP contribution in [-0.2, 0) is 4.74 Å². The second kappa shape index (κ2) is 5.89. The Balaban J connectivity index is 2.93. The van der Waals surface area contributed by atoms with Crippen molar-refractivity contribution in [3.8, 4) is 0 Å². The molecule has 0 aliphatic heterocycles. The number of hydrogen-bond donors (Lipinski definition) is 1. The highest BCUT2D eigenvalue weighted by atomic mass is 16.5. The van der Waals surface area contributed by atoms with Crippen molar-refractivity contribution in [3.63, 3.8) is 0 Å². The summed E-state index contributed by atoms with van der Waals surface area (Å²) in [6, 6.07) is 8.73. The molecule has 0 aromatic heterocycles. The number of ether oxygens (including phenoxy) is 1. The molecule has 0 bridgehead atoms. The van der Waals surface area contributed by atoms with Gasteiger partial charge in [0.15, 0.2) is 0 Å². The van der Waals surface area contributed by atoms with Gasteiger partial charge in [-0.2, -0.15) is 0 Å². The molecular formula is C13H21NO. The summed E-state index contributed by atoms with van der Waals surface area (Å²) in [4.78, 5) is 0. The van der Waals surface area contributed by atoms with Crippen molar-refractivity contribution in [2.24, 2.45) is 0 Å². The Kier molecular flexibility index (Phi) is 4.79. The summed E-state index contributed by atoms with van der Waals surface area (Å²) in [7, 11) is 1.76. The number of rotatable bonds is 5. The smallest absolute Gasteiger partial charge is 0.0737 e. The fourth-order valence-corrected chi connectivity index (χ4v) is 1.82. The molecule has 2 nitrogen and oxygen atoms in total. The Morgan fingerprint density at radius 3 is 2.53 bits per heavy atom. The number of aryl methyl sites for hydroxylation is 1. The number of benzene rings is 1. The molecule has 0 aliphatic carbocycles. The van der Waals surface area contributed by atoms with E-state index in [1.54, 1.807) is 7.11 Å². The van der Waals surface area contributed by atoms with E-state index in [1.807, 2.05) is 0 Å². The number of likely N-dealkylation sites (N-methyl/N-ethyl adjacent to an activating group) is 1. The molecule has 0 radical (unpaired) electrons. The first-order valence-corrected chi connectivity index (χ1v) is 5.52. The number of hydrogen-bond acceptors (Lipinski definition) is 2. The lowest BCUT2D eigenvalue weighted by atomic mass is 9.97. The van der Waals surface area contributed by atoms with Crippen LogP contribution in [-0.4, -0.2) is 19.8 Å². The van der Waals surface area contributed by atoms with Gasteiger partial charge in [-0.05, 0) is 31.5 Å². The van der Waals surface area contributed by atoms with Crippen molar-refractivity contribution in [2.75, 3.05) is 13.7 Å². The van der Waals surface area contributed by atoms with E-state index in [0.29, 0.717) is 0 Å². The summed E-state index contributed by atoms with van der Waals surface area (Å²) in [5.74, 6) is 0. The number of nitrogens with one attached hydrogen (secondary N) is 1. The summed E-state index contributed by atoms with van der Waals surface area (Å²) >= 11 is 0. The van der Waals surface area contributed by atoms with Crippen molar-refractivity contribution < 1.29 is 4.74 Å². The summed E-state index contributed by atoms with van der Waals surface area (Å²) in [6.45, 7) is 7.31. The van der Waals surface area contributed by atoms with E-state index in [-0.39, 0.29) is 12.1 Å². The minimum atomic E-state index is 0.186. The van der Waals surface area contributed by atoms with Crippen molar-refractivity contribution in [1.29, 1.82) is 0 Å². The average Bonchev–Trinajstić information content (AvgIpc) is 2.26. The van der Waals surface area contributed by atoms with Gasteiger partial charge in [-0.1, -0.05) is 31.2 Å². The van der Waals surface area contributed by atoms with Gasteiger partial charge < -0.3 is 10.1 Å². The molecule has 1 aromatic rings. The summed E-state index contributed by atoms with van der Waals surface area (Å²) in [5.41, 5.74) is 2.64. The SMILES string of the molecule is CCNC(c1ccccc1C)C(C)OC. The summed E-state index contributed by atoms with van der Waals surface area (Å²) in [6.07, 6.45) is 0.186. The molecule has 0 amide bonds. The molecule has 0 spiro atoms. The maximum absolute atomic E-state index is 5.41. The Hall–Kier alpha value is -0.860. The highest BCUT2D eigenvalue weighted by Crippen LogP contribution is 2.21. The van der Waals surface area contributed by atoms with Crippen LogP contribution in [0, 0.1) is 6.92 Å². The van der Waals surface area contributed by atoms with Crippen LogP contribution in [0.4, 0.5) is 0 Å². The van der Waals surface area contributed by atoms with Crippen LogP contribution in [0.2, 0.25) is 0 Å². The van der Waals surface area contributed by atoms with Crippen LogP contribution >= 0.6 is 0 Å². The molecule has 0 saturated heterocycles. The Labute approximate surface area is 92.6 Å². The molecule has 84 valence electrons. The van der Waals surface area contributed by atoms with Crippen LogP contribution < -0.4 is 5.32 Å². The highest BCUT2D eigenvalue weighted by molar-refractivity contribution is 5.29. The lowest BCUT2D eigenvalue weighted by Gasteiger charge is -2.25. The maximum Gasteiger partial charge on any atom is 0.0737 e. The predicted octanol–water partition coefficient (Wildman–Crippen LogP) is 2.68. The van der Waals surface area contributed by atoms with Crippen molar-refractivity contribution in [1.82, 2.24) is 5.32 Å². The monoisotopic (exact) mass is 207 g/mol. The van der Waals surface area contributed by atoms with Gasteiger partial charge in [0, 0.05) is 7.11 Å². The normalized spacial score (nSPS) is 14.9. The van der Waals surface area contributed by atoms with Crippen LogP contribution in [0.5, 0.6) is 0 Å². The fraction of sp³-hybridized carbons (Fsp3) is 0.538. The van der Waals surface area contributed by atoms with Gasteiger partial charge in [-0.25, -0.2) is 0 Å². The van der Waals surface area contributed by atoms with Crippen LogP contribution in [0.1, 0.15) is 31.0 Å². The van der Waals surface area contributed by atoms with Gasteiger partial charge >= 0.3 is 0 Å². The average molecular weight is 207 g/mol. The fourth-order valence-electron chi connectivity index (χ4n) is 1.82. The van der Waals surface area contributed by atoms with E-state index in [2.05, 4.69) is 50.4 Å². The van der Waals surface area contributed by atoms with E-state index < -0.39 is 0 Å². The largest absolute Gasteiger partial charge is 0.380 e. The third kappa shape index (κ3) is 3.05. The van der Waals surface area contributed by atoms with Crippen molar-refractivity contribution in [2.45, 2.75) is 32.9 Å². The van der Waals surface area contributed by atoms with E-state index in [0.717, 1.165) is 6.54 Å². The molecule has 2 atom stereocenters. The summed E-state index contributed by atoms with van der Waals surface area (Å²) < 4.78 is 5.41. The Bertz CT molecular complexity index is 298. The van der Waals surface area contributed by atoms with E-state index >= 15 is 0 Å². The lowest BCUT2D eigenvalue weighted by molar-refractivity contribution is 0.0834. The Morgan fingerprint density at radius 2 is 2.00 bits per heavy atom. The maximum atomic E-state index is 5.41. The number of methoxy groups -OCH3 is 1. The van der Waals surface area contributed by atoms with Crippen molar-refractivity contribution in [3.05, 3.63) is 35.4 Å². The minimum Gasteiger partial charge on any atom is -0.380 e. The van der Waals surface area contributed by atoms with Crippen molar-refractivity contribution >= 4 is 0 Å². The molecule has 0 fully saturated rings. The minimum absolute atomic E-state index is 0.186. The molecule has 0 aliphatic rings. The lowest BCUT2D eigenvalue weighted by Crippen LogP contribution is -2.31. The van der Waals surface area contributed by atoms with Crippen LogP contribution in [0.25, 0.3) is 0 Å². The molecule has 0 heterocycles. The molecule has 1 aromatic carbocycles. The third-order valence-corrected chi connectivity index (χ3v) is 2.79. The predicted molar refractivity (Wildman–Crippen MR) is 64.1 cm³/mol. The van der Waals surface area contributed by atoms with Gasteiger partial charge in [0.25, 0.3) is 0 Å². The van der Waals surface area contributed by atoms with E-state index in [1.165, 1.54) is 11.1 Å². The second-order valence-electron chi connectivity index (χ2n) is 3.83. The van der Waals surface area contributed by atoms with Gasteiger partial charge in [0.05, 0.1) is 12.1 Å². The molecule has 2 unspecified atom stereocenters. The molecular weight excluding hydrogens is 186 g/mol. The molecule has 1 N–H and O–H groups in total.